The average Bonchev–Trinajstić information content (AvgIpc) is 3.17. The second-order valence-corrected chi connectivity index (χ2v) is 8.88. The van der Waals surface area contributed by atoms with Crippen molar-refractivity contribution in [3.8, 4) is 11.3 Å². The Morgan fingerprint density at radius 2 is 1.83 bits per heavy atom. The lowest BCUT2D eigenvalue weighted by atomic mass is 10.1. The molecule has 0 aliphatic heterocycles. The normalized spacial score (nSPS) is 12.5. The smallest absolute Gasteiger partial charge is 0.238 e. The topological polar surface area (TPSA) is 115 Å². The van der Waals surface area contributed by atoms with E-state index in [1.807, 2.05) is 26.0 Å². The van der Waals surface area contributed by atoms with Gasteiger partial charge in [-0.15, -0.1) is 0 Å². The van der Waals surface area contributed by atoms with Crippen LogP contribution in [0, 0.1) is 13.8 Å². The fourth-order valence-electron chi connectivity index (χ4n) is 3.02. The first-order valence-electron chi connectivity index (χ1n) is 9.58. The molecule has 0 saturated carbocycles. The molecule has 30 heavy (non-hydrogen) atoms. The second-order valence-electron chi connectivity index (χ2n) is 7.32. The van der Waals surface area contributed by atoms with Gasteiger partial charge in [-0.2, -0.15) is 0 Å². The van der Waals surface area contributed by atoms with Crippen molar-refractivity contribution in [3.63, 3.8) is 0 Å². The Balaban J connectivity index is 1.55. The summed E-state index contributed by atoms with van der Waals surface area (Å²) in [6, 6.07) is 11.9. The number of benzene rings is 2. The molecule has 0 fully saturated rings. The van der Waals surface area contributed by atoms with E-state index in [-0.39, 0.29) is 23.3 Å². The van der Waals surface area contributed by atoms with Crippen LogP contribution in [-0.2, 0) is 21.2 Å². The zero-order chi connectivity index (χ0) is 21.9. The van der Waals surface area contributed by atoms with Gasteiger partial charge in [-0.1, -0.05) is 24.3 Å². The zero-order valence-corrected chi connectivity index (χ0v) is 18.0. The van der Waals surface area contributed by atoms with Crippen LogP contribution in [-0.4, -0.2) is 19.3 Å². The van der Waals surface area contributed by atoms with Crippen LogP contribution in [0.2, 0.25) is 0 Å². The summed E-state index contributed by atoms with van der Waals surface area (Å²) in [6.07, 6.45) is 2.28. The summed E-state index contributed by atoms with van der Waals surface area (Å²) in [6.45, 7) is 5.93. The second kappa shape index (κ2) is 8.81. The standard InChI is InChI=1S/C22H25N3O4S/c1-14-4-5-18(12-15(14)2)20-13-24-22(29-20)11-10-21(26)25-16(3)17-6-8-19(9-7-17)30(23,27)28/h4-9,12-13,16H,10-11H2,1-3H3,(H,25,26)(H2,23,27,28). The highest BCUT2D eigenvalue weighted by molar-refractivity contribution is 7.89. The third-order valence-corrected chi connectivity index (χ3v) is 5.93. The summed E-state index contributed by atoms with van der Waals surface area (Å²) in [5.41, 5.74) is 4.13. The Morgan fingerprint density at radius 1 is 1.13 bits per heavy atom. The Labute approximate surface area is 176 Å². The molecule has 0 aliphatic rings. The first-order valence-corrected chi connectivity index (χ1v) is 11.1. The molecule has 1 atom stereocenters. The monoisotopic (exact) mass is 427 g/mol. The molecule has 0 radical (unpaired) electrons. The molecule has 3 N–H and O–H groups in total. The van der Waals surface area contributed by atoms with Gasteiger partial charge in [0.15, 0.2) is 11.7 Å². The lowest BCUT2D eigenvalue weighted by Gasteiger charge is -2.14. The highest BCUT2D eigenvalue weighted by Gasteiger charge is 2.14. The van der Waals surface area contributed by atoms with E-state index in [0.29, 0.717) is 18.1 Å². The molecular formula is C22H25N3O4S. The molecule has 1 aromatic heterocycles. The minimum Gasteiger partial charge on any atom is -0.441 e. The number of hydrogen-bond acceptors (Lipinski definition) is 5. The van der Waals surface area contributed by atoms with Crippen LogP contribution in [0.1, 0.15) is 42.0 Å². The van der Waals surface area contributed by atoms with Crippen molar-refractivity contribution >= 4 is 15.9 Å². The molecule has 0 spiro atoms. The number of nitrogens with one attached hydrogen (secondary N) is 1. The van der Waals surface area contributed by atoms with Gasteiger partial charge < -0.3 is 9.73 Å². The molecular weight excluding hydrogens is 402 g/mol. The van der Waals surface area contributed by atoms with Gasteiger partial charge in [-0.3, -0.25) is 4.79 Å². The van der Waals surface area contributed by atoms with Crippen molar-refractivity contribution in [2.75, 3.05) is 0 Å². The van der Waals surface area contributed by atoms with Gasteiger partial charge in [0.2, 0.25) is 15.9 Å². The Kier molecular flexibility index (Phi) is 6.38. The number of carbonyl (C=O) groups excluding carboxylic acids is 1. The maximum absolute atomic E-state index is 12.3. The number of hydrogen-bond donors (Lipinski definition) is 2. The van der Waals surface area contributed by atoms with Gasteiger partial charge >= 0.3 is 0 Å². The van der Waals surface area contributed by atoms with Crippen LogP contribution in [0.25, 0.3) is 11.3 Å². The van der Waals surface area contributed by atoms with E-state index in [0.717, 1.165) is 11.1 Å². The van der Waals surface area contributed by atoms with Crippen molar-refractivity contribution in [1.82, 2.24) is 10.3 Å². The number of oxazole rings is 1. The van der Waals surface area contributed by atoms with Crippen LogP contribution in [0.15, 0.2) is 58.0 Å². The molecule has 158 valence electrons. The fourth-order valence-corrected chi connectivity index (χ4v) is 3.53. The number of primary sulfonamides is 1. The van der Waals surface area contributed by atoms with Gasteiger partial charge in [0.05, 0.1) is 17.1 Å². The average molecular weight is 428 g/mol. The lowest BCUT2D eigenvalue weighted by molar-refractivity contribution is -0.121. The summed E-state index contributed by atoms with van der Waals surface area (Å²) >= 11 is 0. The van der Waals surface area contributed by atoms with E-state index < -0.39 is 10.0 Å². The molecule has 0 aliphatic carbocycles. The van der Waals surface area contributed by atoms with E-state index in [4.69, 9.17) is 9.56 Å². The Bertz CT molecular complexity index is 1150. The lowest BCUT2D eigenvalue weighted by Crippen LogP contribution is -2.26. The number of aryl methyl sites for hydroxylation is 3. The number of nitrogens with two attached hydrogens (primary N) is 1. The van der Waals surface area contributed by atoms with Gasteiger partial charge in [0, 0.05) is 18.4 Å². The zero-order valence-electron chi connectivity index (χ0n) is 17.2. The first kappa shape index (κ1) is 21.7. The van der Waals surface area contributed by atoms with Crippen molar-refractivity contribution in [2.24, 2.45) is 5.14 Å². The van der Waals surface area contributed by atoms with Crippen molar-refractivity contribution < 1.29 is 17.6 Å². The van der Waals surface area contributed by atoms with Crippen molar-refractivity contribution in [3.05, 3.63) is 71.2 Å². The molecule has 1 amide bonds. The SMILES string of the molecule is Cc1ccc(-c2cnc(CCC(=O)NC(C)c3ccc(S(N)(=O)=O)cc3)o2)cc1C. The molecule has 7 nitrogen and oxygen atoms in total. The number of carbonyl (C=O) groups is 1. The maximum atomic E-state index is 12.3. The third-order valence-electron chi connectivity index (χ3n) is 5.00. The van der Waals surface area contributed by atoms with Crippen molar-refractivity contribution in [1.29, 1.82) is 0 Å². The summed E-state index contributed by atoms with van der Waals surface area (Å²) in [4.78, 5) is 16.6. The number of amides is 1. The van der Waals surface area contributed by atoms with Crippen molar-refractivity contribution in [2.45, 2.75) is 44.6 Å². The van der Waals surface area contributed by atoms with Gasteiger partial charge in [-0.05, 0) is 55.7 Å². The molecule has 1 unspecified atom stereocenters. The molecule has 1 heterocycles. The molecule has 0 bridgehead atoms. The Morgan fingerprint density at radius 3 is 2.47 bits per heavy atom. The summed E-state index contributed by atoms with van der Waals surface area (Å²) in [5.74, 6) is 1.03. The molecule has 3 aromatic rings. The fraction of sp³-hybridized carbons (Fsp3) is 0.273. The molecule has 3 rings (SSSR count). The van der Waals surface area contributed by atoms with E-state index in [1.165, 1.54) is 23.3 Å². The largest absolute Gasteiger partial charge is 0.441 e. The van der Waals surface area contributed by atoms with Gasteiger partial charge in [0.1, 0.15) is 0 Å². The minimum absolute atomic E-state index is 0.0354. The van der Waals surface area contributed by atoms with Crippen LogP contribution in [0.4, 0.5) is 0 Å². The highest BCUT2D eigenvalue weighted by Crippen LogP contribution is 2.23. The highest BCUT2D eigenvalue weighted by atomic mass is 32.2. The predicted molar refractivity (Wildman–Crippen MR) is 114 cm³/mol. The van der Waals surface area contributed by atoms with Gasteiger partial charge in [0.25, 0.3) is 0 Å². The van der Waals surface area contributed by atoms with E-state index >= 15 is 0 Å². The minimum atomic E-state index is -3.74. The van der Waals surface area contributed by atoms with Crippen LogP contribution in [0.5, 0.6) is 0 Å². The predicted octanol–water partition coefficient (Wildman–Crippen LogP) is 3.42. The third kappa shape index (κ3) is 5.34. The number of aromatic nitrogens is 1. The van der Waals surface area contributed by atoms with Crippen LogP contribution >= 0.6 is 0 Å². The summed E-state index contributed by atoms with van der Waals surface area (Å²) in [7, 11) is -3.74. The number of nitrogens with zero attached hydrogens (tertiary/aromatic N) is 1. The van der Waals surface area contributed by atoms with Gasteiger partial charge in [-0.25, -0.2) is 18.5 Å². The maximum Gasteiger partial charge on any atom is 0.238 e. The molecule has 2 aromatic carbocycles. The van der Waals surface area contributed by atoms with Crippen LogP contribution in [0.3, 0.4) is 0 Å². The van der Waals surface area contributed by atoms with E-state index in [2.05, 4.69) is 23.3 Å². The summed E-state index contributed by atoms with van der Waals surface area (Å²) in [5, 5.41) is 7.99. The number of rotatable bonds is 7. The number of sulfonamides is 1. The Hall–Kier alpha value is -2.97. The molecule has 0 saturated heterocycles. The summed E-state index contributed by atoms with van der Waals surface area (Å²) < 4.78 is 28.4. The van der Waals surface area contributed by atoms with E-state index in [1.54, 1.807) is 18.3 Å². The van der Waals surface area contributed by atoms with E-state index in [9.17, 15) is 13.2 Å². The quantitative estimate of drug-likeness (QED) is 0.599. The first-order chi connectivity index (χ1) is 14.1. The molecule has 8 heteroatoms. The van der Waals surface area contributed by atoms with Crippen LogP contribution < -0.4 is 10.5 Å².